The number of methoxy groups -OCH3 is 1. The van der Waals surface area contributed by atoms with Crippen molar-refractivity contribution in [2.24, 2.45) is 5.92 Å². The highest BCUT2D eigenvalue weighted by molar-refractivity contribution is 7.92. The molecule has 1 aliphatic heterocycles. The van der Waals surface area contributed by atoms with E-state index in [-0.39, 0.29) is 23.5 Å². The molecule has 0 atom stereocenters. The third-order valence-corrected chi connectivity index (χ3v) is 8.42. The minimum atomic E-state index is -3.97. The van der Waals surface area contributed by atoms with E-state index in [4.69, 9.17) is 9.47 Å². The van der Waals surface area contributed by atoms with E-state index < -0.39 is 21.4 Å². The first-order chi connectivity index (χ1) is 18.5. The van der Waals surface area contributed by atoms with Crippen LogP contribution in [-0.4, -0.2) is 51.8 Å². The zero-order chi connectivity index (χ0) is 28.2. The Morgan fingerprint density at radius 1 is 1.00 bits per heavy atom. The van der Waals surface area contributed by atoms with Gasteiger partial charge in [0.25, 0.3) is 10.0 Å². The summed E-state index contributed by atoms with van der Waals surface area (Å²) >= 11 is 0. The normalized spacial score (nSPS) is 14.6. The molecule has 0 aromatic heterocycles. The number of carbonyl (C=O) groups excluding carboxylic acids is 1. The van der Waals surface area contributed by atoms with Crippen LogP contribution in [0.3, 0.4) is 0 Å². The Labute approximate surface area is 230 Å². The molecule has 0 spiro atoms. The molecule has 7 nitrogen and oxygen atoms in total. The number of piperidine rings is 1. The lowest BCUT2D eigenvalue weighted by Crippen LogP contribution is -2.44. The summed E-state index contributed by atoms with van der Waals surface area (Å²) < 4.78 is 54.7. The van der Waals surface area contributed by atoms with E-state index in [0.717, 1.165) is 0 Å². The van der Waals surface area contributed by atoms with E-state index in [1.165, 1.54) is 23.5 Å². The number of hydrogen-bond acceptors (Lipinski definition) is 5. The van der Waals surface area contributed by atoms with Crippen LogP contribution in [0.5, 0.6) is 5.75 Å². The van der Waals surface area contributed by atoms with E-state index in [1.807, 2.05) is 20.8 Å². The highest BCUT2D eigenvalue weighted by Crippen LogP contribution is 2.38. The van der Waals surface area contributed by atoms with Crippen LogP contribution in [0.4, 0.5) is 14.9 Å². The minimum Gasteiger partial charge on any atom is -0.497 e. The number of anilines is 1. The monoisotopic (exact) mass is 554 g/mol. The number of carbonyl (C=O) groups is 1. The second-order valence-electron chi connectivity index (χ2n) is 10.7. The molecule has 1 aliphatic rings. The Kier molecular flexibility index (Phi) is 8.49. The SMILES string of the molecule is COc1ccc(N(CC2CCN(C(=O)OC(C)(C)C)CC2)S(=O)(=O)c2ccccc2)c(-c2cccc(F)c2)c1. The maximum absolute atomic E-state index is 14.2. The second-order valence-corrected chi connectivity index (χ2v) is 12.5. The average molecular weight is 555 g/mol. The van der Waals surface area contributed by atoms with Crippen molar-refractivity contribution in [2.45, 2.75) is 44.1 Å². The Morgan fingerprint density at radius 3 is 2.31 bits per heavy atom. The fraction of sp³-hybridized carbons (Fsp3) is 0.367. The van der Waals surface area contributed by atoms with Crippen LogP contribution in [0.2, 0.25) is 0 Å². The van der Waals surface area contributed by atoms with Gasteiger partial charge in [-0.15, -0.1) is 0 Å². The maximum Gasteiger partial charge on any atom is 0.410 e. The molecular formula is C30H35FN2O5S. The molecule has 0 N–H and O–H groups in total. The zero-order valence-electron chi connectivity index (χ0n) is 22.8. The van der Waals surface area contributed by atoms with Gasteiger partial charge >= 0.3 is 6.09 Å². The van der Waals surface area contributed by atoms with Crippen molar-refractivity contribution in [3.05, 3.63) is 78.6 Å². The molecule has 3 aromatic carbocycles. The first-order valence-electron chi connectivity index (χ1n) is 13.0. The molecule has 1 heterocycles. The van der Waals surface area contributed by atoms with E-state index >= 15 is 0 Å². The number of sulfonamides is 1. The van der Waals surface area contributed by atoms with Crippen molar-refractivity contribution in [3.63, 3.8) is 0 Å². The van der Waals surface area contributed by atoms with Gasteiger partial charge < -0.3 is 14.4 Å². The smallest absolute Gasteiger partial charge is 0.410 e. The highest BCUT2D eigenvalue weighted by Gasteiger charge is 2.33. The fourth-order valence-corrected chi connectivity index (χ4v) is 6.23. The largest absolute Gasteiger partial charge is 0.497 e. The maximum atomic E-state index is 14.2. The van der Waals surface area contributed by atoms with Crippen LogP contribution < -0.4 is 9.04 Å². The van der Waals surface area contributed by atoms with Gasteiger partial charge in [-0.05, 0) is 87.6 Å². The van der Waals surface area contributed by atoms with E-state index in [0.29, 0.717) is 48.5 Å². The number of hydrogen-bond donors (Lipinski definition) is 0. The number of benzene rings is 3. The van der Waals surface area contributed by atoms with Crippen LogP contribution in [0.1, 0.15) is 33.6 Å². The van der Waals surface area contributed by atoms with Gasteiger partial charge in [-0.1, -0.05) is 30.3 Å². The molecule has 1 saturated heterocycles. The van der Waals surface area contributed by atoms with Gasteiger partial charge in [-0.3, -0.25) is 4.31 Å². The van der Waals surface area contributed by atoms with Gasteiger partial charge in [0.1, 0.15) is 17.2 Å². The molecule has 39 heavy (non-hydrogen) atoms. The summed E-state index contributed by atoms with van der Waals surface area (Å²) in [5.74, 6) is 0.0959. The van der Waals surface area contributed by atoms with Crippen LogP contribution in [0.15, 0.2) is 77.7 Å². The lowest BCUT2D eigenvalue weighted by atomic mass is 9.96. The van der Waals surface area contributed by atoms with Gasteiger partial charge in [0.05, 0.1) is 17.7 Å². The number of ether oxygens (including phenoxy) is 2. The van der Waals surface area contributed by atoms with Crippen LogP contribution in [0, 0.1) is 11.7 Å². The summed E-state index contributed by atoms with van der Waals surface area (Å²) in [5, 5.41) is 0. The van der Waals surface area contributed by atoms with Crippen LogP contribution in [0.25, 0.3) is 11.1 Å². The summed E-state index contributed by atoms with van der Waals surface area (Å²) in [6.45, 7) is 6.63. The summed E-state index contributed by atoms with van der Waals surface area (Å²) in [6, 6.07) is 19.5. The van der Waals surface area contributed by atoms with Crippen molar-refractivity contribution < 1.29 is 27.1 Å². The third kappa shape index (κ3) is 6.89. The predicted molar refractivity (Wildman–Crippen MR) is 150 cm³/mol. The van der Waals surface area contributed by atoms with E-state index in [9.17, 15) is 17.6 Å². The lowest BCUT2D eigenvalue weighted by molar-refractivity contribution is 0.0187. The summed E-state index contributed by atoms with van der Waals surface area (Å²) in [6.07, 6.45) is 0.870. The molecule has 0 bridgehead atoms. The van der Waals surface area contributed by atoms with E-state index in [2.05, 4.69) is 0 Å². The first-order valence-corrected chi connectivity index (χ1v) is 14.4. The molecule has 0 aliphatic carbocycles. The molecule has 208 valence electrons. The van der Waals surface area contributed by atoms with Crippen molar-refractivity contribution in [2.75, 3.05) is 31.0 Å². The standard InChI is InChI=1S/C30H35FN2O5S/c1-30(2,3)38-29(34)32-17-15-22(16-18-32)21-33(39(35,36)26-11-6-5-7-12-26)28-14-13-25(37-4)20-27(28)23-9-8-10-24(31)19-23/h5-14,19-20,22H,15-18,21H2,1-4H3. The van der Waals surface area contributed by atoms with Gasteiger partial charge in [0.15, 0.2) is 0 Å². The molecule has 1 amide bonds. The number of amides is 1. The highest BCUT2D eigenvalue weighted by atomic mass is 32.2. The number of nitrogens with zero attached hydrogens (tertiary/aromatic N) is 2. The molecule has 0 saturated carbocycles. The predicted octanol–water partition coefficient (Wildman–Crippen LogP) is 6.34. The molecule has 1 fully saturated rings. The lowest BCUT2D eigenvalue weighted by Gasteiger charge is -2.36. The second kappa shape index (κ2) is 11.7. The Morgan fingerprint density at radius 2 is 1.69 bits per heavy atom. The molecular weight excluding hydrogens is 519 g/mol. The Hall–Kier alpha value is -3.59. The van der Waals surface area contributed by atoms with E-state index in [1.54, 1.807) is 65.6 Å². The average Bonchev–Trinajstić information content (AvgIpc) is 2.91. The molecule has 0 radical (unpaired) electrons. The Balaban J connectivity index is 1.70. The Bertz CT molecular complexity index is 1400. The fourth-order valence-electron chi connectivity index (χ4n) is 4.65. The summed E-state index contributed by atoms with van der Waals surface area (Å²) in [4.78, 5) is 14.4. The number of rotatable bonds is 7. The summed E-state index contributed by atoms with van der Waals surface area (Å²) in [7, 11) is -2.44. The topological polar surface area (TPSA) is 76.2 Å². The molecule has 9 heteroatoms. The molecule has 0 unspecified atom stereocenters. The minimum absolute atomic E-state index is 0.00960. The van der Waals surface area contributed by atoms with Crippen molar-refractivity contribution in [3.8, 4) is 16.9 Å². The van der Waals surface area contributed by atoms with Gasteiger partial charge in [-0.2, -0.15) is 0 Å². The van der Waals surface area contributed by atoms with Crippen molar-refractivity contribution in [1.29, 1.82) is 0 Å². The quantitative estimate of drug-likeness (QED) is 0.341. The molecule has 4 rings (SSSR count). The summed E-state index contributed by atoms with van der Waals surface area (Å²) in [5.41, 5.74) is 0.923. The van der Waals surface area contributed by atoms with Gasteiger partial charge in [0.2, 0.25) is 0 Å². The van der Waals surface area contributed by atoms with Crippen LogP contribution >= 0.6 is 0 Å². The third-order valence-electron chi connectivity index (χ3n) is 6.63. The zero-order valence-corrected chi connectivity index (χ0v) is 23.6. The van der Waals surface area contributed by atoms with Crippen LogP contribution in [-0.2, 0) is 14.8 Å². The van der Waals surface area contributed by atoms with Gasteiger partial charge in [0, 0.05) is 25.2 Å². The van der Waals surface area contributed by atoms with Gasteiger partial charge in [-0.25, -0.2) is 17.6 Å². The molecule has 3 aromatic rings. The van der Waals surface area contributed by atoms with Crippen molar-refractivity contribution >= 4 is 21.8 Å². The van der Waals surface area contributed by atoms with Crippen molar-refractivity contribution in [1.82, 2.24) is 4.90 Å². The first kappa shape index (κ1) is 28.4. The number of halogens is 1. The number of likely N-dealkylation sites (tertiary alicyclic amines) is 1.